The van der Waals surface area contributed by atoms with Gasteiger partial charge in [0.05, 0.1) is 6.61 Å². The fraction of sp³-hybridized carbons (Fsp3) is 0.467. The van der Waals surface area contributed by atoms with Crippen LogP contribution in [-0.2, 0) is 6.42 Å². The molecule has 3 aromatic rings. The Morgan fingerprint density at radius 1 is 0.972 bits per heavy atom. The summed E-state index contributed by atoms with van der Waals surface area (Å²) in [5, 5.41) is 11.5. The number of likely N-dealkylation sites (tertiary alicyclic amines) is 2. The molecule has 0 aliphatic carbocycles. The maximum absolute atomic E-state index is 13.4. The number of benzene rings is 2. The number of piperidine rings is 2. The predicted octanol–water partition coefficient (Wildman–Crippen LogP) is 5.84. The van der Waals surface area contributed by atoms with Gasteiger partial charge in [0.2, 0.25) is 0 Å². The van der Waals surface area contributed by atoms with E-state index in [-0.39, 0.29) is 12.6 Å². The number of aromatic amines is 1. The molecule has 2 aromatic carbocycles. The van der Waals surface area contributed by atoms with Gasteiger partial charge in [-0.1, -0.05) is 24.3 Å². The molecule has 0 saturated carbocycles. The minimum Gasteiger partial charge on any atom is -0.395 e. The Bertz CT molecular complexity index is 1140. The third-order valence-electron chi connectivity index (χ3n) is 8.16. The van der Waals surface area contributed by atoms with Crippen LogP contribution >= 0.6 is 0 Å². The van der Waals surface area contributed by atoms with Crippen molar-refractivity contribution in [3.05, 3.63) is 83.7 Å². The van der Waals surface area contributed by atoms with E-state index in [1.54, 1.807) is 0 Å². The number of allylic oxidation sites excluding steroid dienone is 1. The van der Waals surface area contributed by atoms with Gasteiger partial charge < -0.3 is 15.0 Å². The Morgan fingerprint density at radius 3 is 2.42 bits per heavy atom. The zero-order valence-corrected chi connectivity index (χ0v) is 20.9. The van der Waals surface area contributed by atoms with Crippen LogP contribution in [0.2, 0.25) is 0 Å². The van der Waals surface area contributed by atoms with Crippen molar-refractivity contribution in [1.82, 2.24) is 14.8 Å². The van der Waals surface area contributed by atoms with E-state index in [1.165, 1.54) is 28.6 Å². The van der Waals surface area contributed by atoms with Crippen molar-refractivity contribution < 1.29 is 13.9 Å². The van der Waals surface area contributed by atoms with Crippen LogP contribution in [-0.4, -0.2) is 58.7 Å². The lowest BCUT2D eigenvalue weighted by atomic mass is 9.86. The molecule has 2 aliphatic rings. The summed E-state index contributed by atoms with van der Waals surface area (Å²) in [6.07, 6.45) is 12.3. The van der Waals surface area contributed by atoms with Crippen LogP contribution in [0.1, 0.15) is 49.1 Å². The number of nitrogens with zero attached hydrogens (tertiary/aromatic N) is 2. The molecule has 5 rings (SSSR count). The highest BCUT2D eigenvalue weighted by molar-refractivity contribution is 5.83. The molecular formula is C30H37F2N3O. The SMILES string of the molecule is OCC(CC1CCN(C=CCc2cc(F)cc(F)c2)CC1)N1CCC(c2c[nH]c3ccccc23)CC1. The number of para-hydroxylation sites is 1. The number of H-pyrrole nitrogens is 1. The van der Waals surface area contributed by atoms with Crippen LogP contribution in [0.5, 0.6) is 0 Å². The number of nitrogens with one attached hydrogen (secondary N) is 1. The molecule has 4 nitrogen and oxygen atoms in total. The van der Waals surface area contributed by atoms with E-state index in [9.17, 15) is 13.9 Å². The topological polar surface area (TPSA) is 42.5 Å². The zero-order chi connectivity index (χ0) is 24.9. The van der Waals surface area contributed by atoms with Crippen LogP contribution in [0, 0.1) is 17.6 Å². The quantitative estimate of drug-likeness (QED) is 0.414. The number of aliphatic hydroxyl groups excluding tert-OH is 1. The minimum absolute atomic E-state index is 0.224. The largest absolute Gasteiger partial charge is 0.395 e. The van der Waals surface area contributed by atoms with Crippen LogP contribution in [0.25, 0.3) is 10.9 Å². The van der Waals surface area contributed by atoms with E-state index in [1.807, 2.05) is 6.08 Å². The van der Waals surface area contributed by atoms with E-state index in [0.717, 1.165) is 64.3 Å². The molecule has 2 aliphatic heterocycles. The van der Waals surface area contributed by atoms with Crippen molar-refractivity contribution in [1.29, 1.82) is 0 Å². The van der Waals surface area contributed by atoms with Gasteiger partial charge in [-0.2, -0.15) is 0 Å². The van der Waals surface area contributed by atoms with Gasteiger partial charge in [-0.05, 0) is 99.0 Å². The van der Waals surface area contributed by atoms with Crippen molar-refractivity contribution in [3.8, 4) is 0 Å². The normalized spacial score (nSPS) is 19.5. The summed E-state index contributed by atoms with van der Waals surface area (Å²) in [6.45, 7) is 4.27. The summed E-state index contributed by atoms with van der Waals surface area (Å²) in [5.41, 5.74) is 3.30. The molecule has 2 N–H and O–H groups in total. The van der Waals surface area contributed by atoms with Gasteiger partial charge in [-0.3, -0.25) is 4.90 Å². The lowest BCUT2D eigenvalue weighted by Crippen LogP contribution is -2.44. The maximum atomic E-state index is 13.4. The molecule has 0 radical (unpaired) electrons. The van der Waals surface area contributed by atoms with Gasteiger partial charge in [0.15, 0.2) is 0 Å². The summed E-state index contributed by atoms with van der Waals surface area (Å²) in [7, 11) is 0. The number of hydrogen-bond acceptors (Lipinski definition) is 3. The average Bonchev–Trinajstić information content (AvgIpc) is 3.32. The first-order valence-corrected chi connectivity index (χ1v) is 13.4. The van der Waals surface area contributed by atoms with Gasteiger partial charge >= 0.3 is 0 Å². The average molecular weight is 494 g/mol. The Balaban J connectivity index is 1.07. The number of fused-ring (bicyclic) bond motifs is 1. The Hall–Kier alpha value is -2.70. The monoisotopic (exact) mass is 493 g/mol. The van der Waals surface area contributed by atoms with Crippen LogP contribution in [0.3, 0.4) is 0 Å². The molecule has 192 valence electrons. The predicted molar refractivity (Wildman–Crippen MR) is 141 cm³/mol. The van der Waals surface area contributed by atoms with E-state index >= 15 is 0 Å². The molecular weight excluding hydrogens is 456 g/mol. The smallest absolute Gasteiger partial charge is 0.126 e. The first-order chi connectivity index (χ1) is 17.6. The molecule has 3 heterocycles. The second kappa shape index (κ2) is 11.6. The third-order valence-corrected chi connectivity index (χ3v) is 8.16. The summed E-state index contributed by atoms with van der Waals surface area (Å²) >= 11 is 0. The summed E-state index contributed by atoms with van der Waals surface area (Å²) in [4.78, 5) is 8.23. The summed E-state index contributed by atoms with van der Waals surface area (Å²) < 4.78 is 26.7. The van der Waals surface area contributed by atoms with Gasteiger partial charge in [0.1, 0.15) is 11.6 Å². The van der Waals surface area contributed by atoms with E-state index < -0.39 is 11.6 Å². The van der Waals surface area contributed by atoms with Crippen molar-refractivity contribution in [2.45, 2.75) is 50.5 Å². The molecule has 36 heavy (non-hydrogen) atoms. The van der Waals surface area contributed by atoms with Crippen LogP contribution in [0.15, 0.2) is 60.9 Å². The van der Waals surface area contributed by atoms with Gasteiger partial charge in [-0.15, -0.1) is 0 Å². The van der Waals surface area contributed by atoms with Gasteiger partial charge in [-0.25, -0.2) is 8.78 Å². The zero-order valence-electron chi connectivity index (χ0n) is 20.9. The molecule has 6 heteroatoms. The van der Waals surface area contributed by atoms with Crippen molar-refractivity contribution in [2.75, 3.05) is 32.8 Å². The van der Waals surface area contributed by atoms with E-state index in [2.05, 4.69) is 51.4 Å². The van der Waals surface area contributed by atoms with Crippen LogP contribution in [0.4, 0.5) is 8.78 Å². The summed E-state index contributed by atoms with van der Waals surface area (Å²) in [5.74, 6) is 0.144. The summed E-state index contributed by atoms with van der Waals surface area (Å²) in [6, 6.07) is 12.5. The fourth-order valence-electron chi connectivity index (χ4n) is 6.14. The second-order valence-electron chi connectivity index (χ2n) is 10.5. The van der Waals surface area contributed by atoms with Crippen molar-refractivity contribution >= 4 is 10.9 Å². The number of halogens is 2. The van der Waals surface area contributed by atoms with Gasteiger partial charge in [0.25, 0.3) is 0 Å². The molecule has 0 amide bonds. The van der Waals surface area contributed by atoms with Crippen molar-refractivity contribution in [3.63, 3.8) is 0 Å². The second-order valence-corrected chi connectivity index (χ2v) is 10.5. The molecule has 2 fully saturated rings. The molecule has 2 saturated heterocycles. The van der Waals surface area contributed by atoms with E-state index in [4.69, 9.17) is 0 Å². The van der Waals surface area contributed by atoms with Crippen molar-refractivity contribution in [2.24, 2.45) is 5.92 Å². The van der Waals surface area contributed by atoms with E-state index in [0.29, 0.717) is 23.8 Å². The standard InChI is InChI=1S/C30H37F2N3O/c31-25-16-23(17-26(32)19-25)4-3-11-34-12-7-22(8-13-34)18-27(21-36)35-14-9-24(10-15-35)29-20-33-30-6-2-1-5-28(29)30/h1-3,5-6,11,16-17,19-20,22,24,27,33,36H,4,7-10,12-15,18,21H2. The third kappa shape index (κ3) is 5.98. The Morgan fingerprint density at radius 2 is 1.69 bits per heavy atom. The number of aliphatic hydroxyl groups is 1. The number of aromatic nitrogens is 1. The highest BCUT2D eigenvalue weighted by atomic mass is 19.1. The Kier molecular flexibility index (Phi) is 8.02. The maximum Gasteiger partial charge on any atom is 0.126 e. The Labute approximate surface area is 212 Å². The minimum atomic E-state index is -0.528. The van der Waals surface area contributed by atoms with Crippen LogP contribution < -0.4 is 0 Å². The lowest BCUT2D eigenvalue weighted by molar-refractivity contribution is 0.0724. The highest BCUT2D eigenvalue weighted by Gasteiger charge is 2.29. The highest BCUT2D eigenvalue weighted by Crippen LogP contribution is 2.34. The first kappa shape index (κ1) is 25.0. The van der Waals surface area contributed by atoms with Gasteiger partial charge in [0, 0.05) is 42.3 Å². The molecule has 1 unspecified atom stereocenters. The number of hydrogen-bond donors (Lipinski definition) is 2. The number of rotatable bonds is 8. The first-order valence-electron chi connectivity index (χ1n) is 13.4. The molecule has 1 aromatic heterocycles. The molecule has 1 atom stereocenters. The lowest BCUT2D eigenvalue weighted by Gasteiger charge is -2.39. The molecule has 0 spiro atoms. The fourth-order valence-corrected chi connectivity index (χ4v) is 6.14. The molecule has 0 bridgehead atoms.